The second kappa shape index (κ2) is 11.2. The molecule has 0 saturated carbocycles. The molecule has 1 aromatic heterocycles. The van der Waals surface area contributed by atoms with Crippen LogP contribution in [0.3, 0.4) is 0 Å². The summed E-state index contributed by atoms with van der Waals surface area (Å²) in [5.41, 5.74) is 2.11. The first kappa shape index (κ1) is 23.9. The van der Waals surface area contributed by atoms with Gasteiger partial charge in [-0.3, -0.25) is 4.99 Å². The molecule has 9 heteroatoms. The van der Waals surface area contributed by atoms with Crippen LogP contribution < -0.4 is 23.7 Å². The maximum atomic E-state index is 10.4. The first-order chi connectivity index (χ1) is 16.1. The van der Waals surface area contributed by atoms with Crippen molar-refractivity contribution in [2.24, 2.45) is 10.1 Å². The van der Waals surface area contributed by atoms with E-state index in [9.17, 15) is 5.11 Å². The molecule has 1 heterocycles. The van der Waals surface area contributed by atoms with Gasteiger partial charge < -0.3 is 24.1 Å². The molecule has 0 amide bonds. The summed E-state index contributed by atoms with van der Waals surface area (Å²) >= 11 is 1.44. The molecular formula is C24H27N3O5S. The Kier molecular flexibility index (Phi) is 8.15. The zero-order chi connectivity index (χ0) is 23.8. The number of thiazole rings is 1. The summed E-state index contributed by atoms with van der Waals surface area (Å²) in [5, 5.41) is 16.9. The highest BCUT2D eigenvalue weighted by atomic mass is 32.1. The Morgan fingerprint density at radius 1 is 1.09 bits per heavy atom. The van der Waals surface area contributed by atoms with Crippen LogP contribution in [0.5, 0.6) is 28.7 Å². The molecule has 33 heavy (non-hydrogen) atoms. The normalized spacial score (nSPS) is 11.6. The summed E-state index contributed by atoms with van der Waals surface area (Å²) in [6.45, 7) is 6.58. The third-order valence-corrected chi connectivity index (χ3v) is 5.48. The molecule has 0 unspecified atom stereocenters. The Morgan fingerprint density at radius 2 is 1.82 bits per heavy atom. The van der Waals surface area contributed by atoms with E-state index >= 15 is 0 Å². The molecular weight excluding hydrogens is 442 g/mol. The van der Waals surface area contributed by atoms with E-state index < -0.39 is 0 Å². The highest BCUT2D eigenvalue weighted by Gasteiger charge is 2.17. The van der Waals surface area contributed by atoms with Gasteiger partial charge >= 0.3 is 0 Å². The van der Waals surface area contributed by atoms with Crippen molar-refractivity contribution in [3.8, 4) is 40.0 Å². The fourth-order valence-corrected chi connectivity index (χ4v) is 3.95. The van der Waals surface area contributed by atoms with Crippen LogP contribution in [0.15, 0.2) is 58.5 Å². The van der Waals surface area contributed by atoms with E-state index in [1.165, 1.54) is 11.3 Å². The van der Waals surface area contributed by atoms with Gasteiger partial charge in [0, 0.05) is 22.6 Å². The number of benzene rings is 2. The van der Waals surface area contributed by atoms with E-state index in [4.69, 9.17) is 18.9 Å². The number of ether oxygens (including phenoxy) is 4. The summed E-state index contributed by atoms with van der Waals surface area (Å²) in [6, 6.07) is 8.79. The molecule has 174 valence electrons. The molecule has 0 radical (unpaired) electrons. The second-order valence-corrected chi connectivity index (χ2v) is 7.49. The molecule has 0 atom stereocenters. The Hall–Kier alpha value is -3.72. The van der Waals surface area contributed by atoms with Gasteiger partial charge in [-0.25, -0.2) is 4.68 Å². The number of methoxy groups -OCH3 is 3. The van der Waals surface area contributed by atoms with Crippen molar-refractivity contribution in [3.05, 3.63) is 58.7 Å². The highest BCUT2D eigenvalue weighted by molar-refractivity contribution is 7.07. The SMILES string of the molecule is C=CCN=c1scc(-c2cc(OC)c(OC)c(OC)c2)n1N=Cc1ccc(OCC)cc1O. The van der Waals surface area contributed by atoms with Gasteiger partial charge in [-0.05, 0) is 31.2 Å². The van der Waals surface area contributed by atoms with Gasteiger partial charge in [-0.1, -0.05) is 6.08 Å². The number of rotatable bonds is 10. The monoisotopic (exact) mass is 469 g/mol. The van der Waals surface area contributed by atoms with Crippen molar-refractivity contribution in [1.29, 1.82) is 0 Å². The average molecular weight is 470 g/mol. The third-order valence-electron chi connectivity index (χ3n) is 4.63. The van der Waals surface area contributed by atoms with Crippen LogP contribution in [-0.2, 0) is 0 Å². The van der Waals surface area contributed by atoms with Gasteiger partial charge in [0.1, 0.15) is 11.5 Å². The topological polar surface area (TPSA) is 86.8 Å². The Morgan fingerprint density at radius 3 is 2.39 bits per heavy atom. The van der Waals surface area contributed by atoms with E-state index in [1.807, 2.05) is 24.4 Å². The van der Waals surface area contributed by atoms with Gasteiger partial charge in [0.05, 0.1) is 46.4 Å². The molecule has 3 rings (SSSR count). The molecule has 0 fully saturated rings. The number of phenolic OH excluding ortho intramolecular Hbond substituents is 1. The lowest BCUT2D eigenvalue weighted by Crippen LogP contribution is -2.12. The van der Waals surface area contributed by atoms with Gasteiger partial charge in [-0.2, -0.15) is 5.10 Å². The number of hydrogen-bond acceptors (Lipinski definition) is 8. The van der Waals surface area contributed by atoms with Crippen molar-refractivity contribution in [2.45, 2.75) is 6.92 Å². The van der Waals surface area contributed by atoms with Gasteiger partial charge in [0.2, 0.25) is 10.6 Å². The van der Waals surface area contributed by atoms with E-state index in [2.05, 4.69) is 16.7 Å². The number of nitrogens with zero attached hydrogens (tertiary/aromatic N) is 3. The van der Waals surface area contributed by atoms with Crippen molar-refractivity contribution in [3.63, 3.8) is 0 Å². The van der Waals surface area contributed by atoms with Gasteiger partial charge in [-0.15, -0.1) is 17.9 Å². The summed E-state index contributed by atoms with van der Waals surface area (Å²) in [4.78, 5) is 5.21. The zero-order valence-corrected chi connectivity index (χ0v) is 19.9. The van der Waals surface area contributed by atoms with E-state index in [1.54, 1.807) is 56.5 Å². The largest absolute Gasteiger partial charge is 0.507 e. The molecule has 0 aliphatic heterocycles. The number of phenols is 1. The van der Waals surface area contributed by atoms with Gasteiger partial charge in [0.25, 0.3) is 0 Å². The maximum Gasteiger partial charge on any atom is 0.206 e. The second-order valence-electron chi connectivity index (χ2n) is 6.66. The minimum absolute atomic E-state index is 0.0689. The minimum atomic E-state index is 0.0689. The van der Waals surface area contributed by atoms with Crippen molar-refractivity contribution in [2.75, 3.05) is 34.5 Å². The Balaban J connectivity index is 2.12. The molecule has 8 nitrogen and oxygen atoms in total. The zero-order valence-electron chi connectivity index (χ0n) is 19.1. The van der Waals surface area contributed by atoms with E-state index in [0.29, 0.717) is 46.5 Å². The molecule has 0 aliphatic rings. The lowest BCUT2D eigenvalue weighted by molar-refractivity contribution is 0.324. The standard InChI is InChI=1S/C24H27N3O5S/c1-6-10-25-24-27(26-14-16-8-9-18(32-7-2)13-20(16)28)19(15-33-24)17-11-21(29-3)23(31-5)22(12-17)30-4/h6,8-9,11-15,28H,1,7,10H2,2-5H3. The third kappa shape index (κ3) is 5.38. The van der Waals surface area contributed by atoms with Crippen LogP contribution in [0.4, 0.5) is 0 Å². The molecule has 1 N–H and O–H groups in total. The predicted octanol–water partition coefficient (Wildman–Crippen LogP) is 4.32. The summed E-state index contributed by atoms with van der Waals surface area (Å²) < 4.78 is 23.6. The fourth-order valence-electron chi connectivity index (χ4n) is 3.10. The minimum Gasteiger partial charge on any atom is -0.507 e. The highest BCUT2D eigenvalue weighted by Crippen LogP contribution is 2.41. The van der Waals surface area contributed by atoms with E-state index in [0.717, 1.165) is 11.3 Å². The average Bonchev–Trinajstić information content (AvgIpc) is 3.23. The van der Waals surface area contributed by atoms with Crippen LogP contribution in [0, 0.1) is 0 Å². The van der Waals surface area contributed by atoms with Crippen LogP contribution in [-0.4, -0.2) is 50.5 Å². The van der Waals surface area contributed by atoms with Crippen LogP contribution in [0.25, 0.3) is 11.3 Å². The van der Waals surface area contributed by atoms with Crippen LogP contribution in [0.1, 0.15) is 12.5 Å². The Labute approximate surface area is 196 Å². The first-order valence-corrected chi connectivity index (χ1v) is 11.1. The smallest absolute Gasteiger partial charge is 0.206 e. The van der Waals surface area contributed by atoms with Crippen molar-refractivity contribution < 1.29 is 24.1 Å². The molecule has 3 aromatic rings. The summed E-state index contributed by atoms with van der Waals surface area (Å²) in [5.74, 6) is 2.23. The van der Waals surface area contributed by atoms with Gasteiger partial charge in [0.15, 0.2) is 11.5 Å². The summed E-state index contributed by atoms with van der Waals surface area (Å²) in [6.07, 6.45) is 3.29. The van der Waals surface area contributed by atoms with Crippen molar-refractivity contribution >= 4 is 17.6 Å². The summed E-state index contributed by atoms with van der Waals surface area (Å²) in [7, 11) is 4.70. The molecule has 0 spiro atoms. The van der Waals surface area contributed by atoms with Crippen molar-refractivity contribution in [1.82, 2.24) is 4.68 Å². The Bertz CT molecular complexity index is 1190. The lowest BCUT2D eigenvalue weighted by Gasteiger charge is -2.14. The molecule has 0 aliphatic carbocycles. The quantitative estimate of drug-likeness (QED) is 0.353. The predicted molar refractivity (Wildman–Crippen MR) is 130 cm³/mol. The molecule has 2 aromatic carbocycles. The number of aromatic hydroxyl groups is 1. The lowest BCUT2D eigenvalue weighted by atomic mass is 10.1. The number of hydrogen-bond donors (Lipinski definition) is 1. The van der Waals surface area contributed by atoms with Crippen LogP contribution in [0.2, 0.25) is 0 Å². The van der Waals surface area contributed by atoms with E-state index in [-0.39, 0.29) is 5.75 Å². The number of aromatic nitrogens is 1. The molecule has 0 bridgehead atoms. The van der Waals surface area contributed by atoms with Crippen LogP contribution >= 0.6 is 11.3 Å². The fraction of sp³-hybridized carbons (Fsp3) is 0.250. The first-order valence-electron chi connectivity index (χ1n) is 10.2. The maximum absolute atomic E-state index is 10.4. The molecule has 0 saturated heterocycles.